The van der Waals surface area contributed by atoms with Gasteiger partial charge in [-0.1, -0.05) is 42.5 Å². The standard InChI is InChI=1S/C30H32FNO5/c1-20(2)36-25-11-8-21(9-12-25)18-32(19-29(34)35)28(33)15-22-10-13-27-24(14-22)17-30(3,37-27)16-23-6-4-5-7-26(23)31/h4-14,20H,15-19H2,1-3H3,(H,34,35)/t30-/m1/s1. The van der Waals surface area contributed by atoms with E-state index in [1.807, 2.05) is 69.3 Å². The highest BCUT2D eigenvalue weighted by Gasteiger charge is 2.36. The molecule has 3 aromatic rings. The van der Waals surface area contributed by atoms with Gasteiger partial charge in [-0.15, -0.1) is 0 Å². The molecule has 0 saturated carbocycles. The van der Waals surface area contributed by atoms with E-state index in [0.29, 0.717) is 18.4 Å². The van der Waals surface area contributed by atoms with E-state index in [0.717, 1.165) is 28.2 Å². The van der Waals surface area contributed by atoms with Crippen LogP contribution in [0.2, 0.25) is 0 Å². The second kappa shape index (κ2) is 11.0. The summed E-state index contributed by atoms with van der Waals surface area (Å²) in [4.78, 5) is 25.9. The Bertz CT molecular complexity index is 1270. The molecule has 6 nitrogen and oxygen atoms in total. The zero-order chi connectivity index (χ0) is 26.6. The molecule has 0 aromatic heterocycles. The first-order chi connectivity index (χ1) is 17.6. The van der Waals surface area contributed by atoms with Crippen molar-refractivity contribution >= 4 is 11.9 Å². The first kappa shape index (κ1) is 26.2. The Balaban J connectivity index is 1.43. The number of carboxylic acids is 1. The lowest BCUT2D eigenvalue weighted by molar-refractivity contribution is -0.144. The Hall–Kier alpha value is -3.87. The molecule has 3 aromatic carbocycles. The zero-order valence-electron chi connectivity index (χ0n) is 21.4. The van der Waals surface area contributed by atoms with Crippen molar-refractivity contribution in [3.05, 3.63) is 94.8 Å². The Morgan fingerprint density at radius 2 is 1.78 bits per heavy atom. The fourth-order valence-electron chi connectivity index (χ4n) is 4.68. The van der Waals surface area contributed by atoms with Crippen molar-refractivity contribution in [1.29, 1.82) is 0 Å². The Labute approximate surface area is 216 Å². The lowest BCUT2D eigenvalue weighted by Gasteiger charge is -2.24. The summed E-state index contributed by atoms with van der Waals surface area (Å²) < 4.78 is 26.0. The minimum absolute atomic E-state index is 0.0472. The molecule has 1 heterocycles. The van der Waals surface area contributed by atoms with Gasteiger partial charge in [0.2, 0.25) is 5.91 Å². The summed E-state index contributed by atoms with van der Waals surface area (Å²) in [5.41, 5.74) is 2.56. The van der Waals surface area contributed by atoms with Gasteiger partial charge in [-0.25, -0.2) is 4.39 Å². The highest BCUT2D eigenvalue weighted by atomic mass is 19.1. The number of hydrogen-bond acceptors (Lipinski definition) is 4. The topological polar surface area (TPSA) is 76.1 Å². The molecule has 1 atom stereocenters. The number of nitrogens with zero attached hydrogens (tertiary/aromatic N) is 1. The summed E-state index contributed by atoms with van der Waals surface area (Å²) in [5.74, 6) is -0.161. The van der Waals surface area contributed by atoms with Gasteiger partial charge in [-0.3, -0.25) is 9.59 Å². The maximum atomic E-state index is 14.2. The molecule has 1 aliphatic heterocycles. The van der Waals surface area contributed by atoms with Crippen molar-refractivity contribution in [1.82, 2.24) is 4.90 Å². The van der Waals surface area contributed by atoms with Gasteiger partial charge in [0.15, 0.2) is 0 Å². The lowest BCUT2D eigenvalue weighted by Crippen LogP contribution is -2.36. The summed E-state index contributed by atoms with van der Waals surface area (Å²) >= 11 is 0. The van der Waals surface area contributed by atoms with E-state index in [4.69, 9.17) is 9.47 Å². The van der Waals surface area contributed by atoms with E-state index in [9.17, 15) is 19.1 Å². The number of benzene rings is 3. The highest BCUT2D eigenvalue weighted by Crippen LogP contribution is 2.38. The molecule has 1 aliphatic rings. The molecular formula is C30H32FNO5. The number of hydrogen-bond donors (Lipinski definition) is 1. The van der Waals surface area contributed by atoms with E-state index >= 15 is 0 Å². The van der Waals surface area contributed by atoms with Gasteiger partial charge in [0.05, 0.1) is 12.5 Å². The number of amides is 1. The van der Waals surface area contributed by atoms with Gasteiger partial charge in [-0.2, -0.15) is 0 Å². The van der Waals surface area contributed by atoms with Gasteiger partial charge in [0, 0.05) is 19.4 Å². The lowest BCUT2D eigenvalue weighted by atomic mass is 9.91. The minimum Gasteiger partial charge on any atom is -0.491 e. The van der Waals surface area contributed by atoms with Gasteiger partial charge < -0.3 is 19.5 Å². The number of carbonyl (C=O) groups excluding carboxylic acids is 1. The van der Waals surface area contributed by atoms with Crippen LogP contribution < -0.4 is 9.47 Å². The summed E-state index contributed by atoms with van der Waals surface area (Å²) in [7, 11) is 0. The van der Waals surface area contributed by atoms with Crippen LogP contribution in [0.15, 0.2) is 66.7 Å². The third-order valence-electron chi connectivity index (χ3n) is 6.27. The van der Waals surface area contributed by atoms with Crippen LogP contribution in [0.5, 0.6) is 11.5 Å². The first-order valence-electron chi connectivity index (χ1n) is 12.4. The van der Waals surface area contributed by atoms with E-state index in [1.54, 1.807) is 12.1 Å². The zero-order valence-corrected chi connectivity index (χ0v) is 21.4. The second-order valence-corrected chi connectivity index (χ2v) is 10.1. The van der Waals surface area contributed by atoms with E-state index < -0.39 is 18.1 Å². The van der Waals surface area contributed by atoms with E-state index in [2.05, 4.69) is 0 Å². The summed E-state index contributed by atoms with van der Waals surface area (Å²) in [5, 5.41) is 9.39. The van der Waals surface area contributed by atoms with Crippen LogP contribution in [0.3, 0.4) is 0 Å². The quantitative estimate of drug-likeness (QED) is 0.410. The molecule has 0 fully saturated rings. The van der Waals surface area contributed by atoms with Gasteiger partial charge in [-0.05, 0) is 67.3 Å². The van der Waals surface area contributed by atoms with E-state index in [-0.39, 0.29) is 30.8 Å². The maximum absolute atomic E-state index is 14.2. The van der Waals surface area contributed by atoms with Crippen molar-refractivity contribution in [2.75, 3.05) is 6.54 Å². The first-order valence-corrected chi connectivity index (χ1v) is 12.4. The van der Waals surface area contributed by atoms with Crippen LogP contribution in [0.1, 0.15) is 43.0 Å². The van der Waals surface area contributed by atoms with Crippen molar-refractivity contribution in [3.63, 3.8) is 0 Å². The Morgan fingerprint density at radius 3 is 2.46 bits per heavy atom. The maximum Gasteiger partial charge on any atom is 0.323 e. The average molecular weight is 506 g/mol. The third-order valence-corrected chi connectivity index (χ3v) is 6.27. The number of aliphatic carboxylic acids is 1. The normalized spacial score (nSPS) is 16.2. The molecule has 4 rings (SSSR count). The number of halogens is 1. The Morgan fingerprint density at radius 1 is 1.08 bits per heavy atom. The summed E-state index contributed by atoms with van der Waals surface area (Å²) in [6.07, 6.45) is 1.13. The fraction of sp³-hybridized carbons (Fsp3) is 0.333. The Kier molecular flexibility index (Phi) is 7.81. The largest absolute Gasteiger partial charge is 0.491 e. The predicted octanol–water partition coefficient (Wildman–Crippen LogP) is 5.21. The van der Waals surface area contributed by atoms with Crippen molar-refractivity contribution in [2.24, 2.45) is 0 Å². The van der Waals surface area contributed by atoms with Crippen LogP contribution in [0, 0.1) is 5.82 Å². The molecule has 0 spiro atoms. The number of rotatable bonds is 10. The molecular weight excluding hydrogens is 473 g/mol. The summed E-state index contributed by atoms with van der Waals surface area (Å²) in [6.45, 7) is 5.63. The van der Waals surface area contributed by atoms with Crippen LogP contribution in [-0.4, -0.2) is 40.1 Å². The number of ether oxygens (including phenoxy) is 2. The van der Waals surface area contributed by atoms with Gasteiger partial charge in [0.1, 0.15) is 29.5 Å². The van der Waals surface area contributed by atoms with E-state index in [1.165, 1.54) is 11.0 Å². The minimum atomic E-state index is -1.07. The fourth-order valence-corrected chi connectivity index (χ4v) is 4.68. The van der Waals surface area contributed by atoms with Gasteiger partial charge >= 0.3 is 5.97 Å². The van der Waals surface area contributed by atoms with Crippen LogP contribution in [-0.2, 0) is 35.4 Å². The highest BCUT2D eigenvalue weighted by molar-refractivity contribution is 5.83. The molecule has 1 N–H and O–H groups in total. The number of carboxylic acid groups (broad SMARTS) is 1. The van der Waals surface area contributed by atoms with Crippen LogP contribution in [0.4, 0.5) is 4.39 Å². The second-order valence-electron chi connectivity index (χ2n) is 10.1. The van der Waals surface area contributed by atoms with Crippen molar-refractivity contribution in [2.45, 2.75) is 58.3 Å². The molecule has 1 amide bonds. The predicted molar refractivity (Wildman–Crippen MR) is 138 cm³/mol. The molecule has 0 aliphatic carbocycles. The SMILES string of the molecule is CC(C)Oc1ccc(CN(CC(=O)O)C(=O)Cc2ccc3c(c2)C[C@@](C)(Cc2ccccc2F)O3)cc1. The summed E-state index contributed by atoms with van der Waals surface area (Å²) in [6, 6.07) is 19.6. The smallest absolute Gasteiger partial charge is 0.323 e. The van der Waals surface area contributed by atoms with Crippen molar-refractivity contribution < 1.29 is 28.6 Å². The molecule has 0 bridgehead atoms. The third kappa shape index (κ3) is 6.88. The van der Waals surface area contributed by atoms with Crippen molar-refractivity contribution in [3.8, 4) is 11.5 Å². The molecule has 0 saturated heterocycles. The monoisotopic (exact) mass is 505 g/mol. The number of carbonyl (C=O) groups is 2. The van der Waals surface area contributed by atoms with Gasteiger partial charge in [0.25, 0.3) is 0 Å². The molecule has 0 radical (unpaired) electrons. The van der Waals surface area contributed by atoms with Crippen LogP contribution >= 0.6 is 0 Å². The average Bonchev–Trinajstić information content (AvgIpc) is 3.16. The van der Waals surface area contributed by atoms with Crippen LogP contribution in [0.25, 0.3) is 0 Å². The molecule has 37 heavy (non-hydrogen) atoms. The molecule has 0 unspecified atom stereocenters. The molecule has 7 heteroatoms. The number of fused-ring (bicyclic) bond motifs is 1. The molecule has 194 valence electrons.